The fraction of sp³-hybridized carbons (Fsp3) is 0.176. The molecule has 1 aromatic heterocycles. The molecule has 0 bridgehead atoms. The molecule has 3 aromatic rings. The molecule has 9 nitrogen and oxygen atoms in total. The summed E-state index contributed by atoms with van der Waals surface area (Å²) in [6, 6.07) is 14.5. The van der Waals surface area contributed by atoms with E-state index in [0.717, 1.165) is 4.68 Å². The van der Waals surface area contributed by atoms with Gasteiger partial charge >= 0.3 is 5.97 Å². The van der Waals surface area contributed by atoms with Crippen LogP contribution in [0, 0.1) is 0 Å². The number of hydrogen-bond acceptors (Lipinski definition) is 7. The van der Waals surface area contributed by atoms with Gasteiger partial charge in [0.2, 0.25) is 10.0 Å². The van der Waals surface area contributed by atoms with Gasteiger partial charge in [-0.2, -0.15) is 4.68 Å². The van der Waals surface area contributed by atoms with Crippen LogP contribution in [0.5, 0.6) is 0 Å². The van der Waals surface area contributed by atoms with Gasteiger partial charge in [0, 0.05) is 6.54 Å². The molecular formula is C17H16N4O5S. The van der Waals surface area contributed by atoms with Crippen molar-refractivity contribution in [2.24, 2.45) is 0 Å². The van der Waals surface area contributed by atoms with Gasteiger partial charge in [0.05, 0.1) is 16.7 Å². The maximum absolute atomic E-state index is 12.2. The molecule has 0 fully saturated rings. The summed E-state index contributed by atoms with van der Waals surface area (Å²) < 4.78 is 32.3. The highest BCUT2D eigenvalue weighted by Crippen LogP contribution is 2.07. The predicted octanol–water partition coefficient (Wildman–Crippen LogP) is 0.661. The summed E-state index contributed by atoms with van der Waals surface area (Å²) in [4.78, 5) is 24.1. The first-order valence-corrected chi connectivity index (χ1v) is 9.48. The number of nitrogens with zero attached hydrogens (tertiary/aromatic N) is 3. The van der Waals surface area contributed by atoms with Crippen molar-refractivity contribution in [2.45, 2.75) is 18.0 Å². The molecule has 27 heavy (non-hydrogen) atoms. The van der Waals surface area contributed by atoms with Gasteiger partial charge in [0.25, 0.3) is 5.56 Å². The van der Waals surface area contributed by atoms with Crippen LogP contribution in [0.2, 0.25) is 0 Å². The Morgan fingerprint density at radius 2 is 1.78 bits per heavy atom. The van der Waals surface area contributed by atoms with Crippen molar-refractivity contribution in [3.8, 4) is 0 Å². The third kappa shape index (κ3) is 4.54. The highest BCUT2D eigenvalue weighted by atomic mass is 32.2. The van der Waals surface area contributed by atoms with E-state index in [4.69, 9.17) is 4.74 Å². The van der Waals surface area contributed by atoms with E-state index in [1.54, 1.807) is 42.5 Å². The van der Waals surface area contributed by atoms with Crippen LogP contribution in [0.1, 0.15) is 6.42 Å². The fourth-order valence-corrected chi connectivity index (χ4v) is 3.34. The normalized spacial score (nSPS) is 11.4. The Bertz CT molecular complexity index is 1110. The van der Waals surface area contributed by atoms with Gasteiger partial charge in [-0.3, -0.25) is 9.59 Å². The molecule has 0 atom stereocenters. The first-order valence-electron chi connectivity index (χ1n) is 8.00. The van der Waals surface area contributed by atoms with Crippen LogP contribution < -0.4 is 10.3 Å². The largest absolute Gasteiger partial charge is 0.442 e. The number of aromatic nitrogens is 3. The molecule has 2 aromatic carbocycles. The highest BCUT2D eigenvalue weighted by Gasteiger charge is 2.14. The molecule has 1 heterocycles. The average molecular weight is 388 g/mol. The molecule has 0 spiro atoms. The minimum absolute atomic E-state index is 0.108. The molecule has 3 rings (SSSR count). The number of fused-ring (bicyclic) bond motifs is 1. The first-order chi connectivity index (χ1) is 13.0. The number of carbonyl (C=O) groups excluding carboxylic acids is 1. The van der Waals surface area contributed by atoms with E-state index in [-0.39, 0.29) is 17.9 Å². The number of esters is 1. The first kappa shape index (κ1) is 18.7. The second-order valence-electron chi connectivity index (χ2n) is 5.52. The number of benzene rings is 2. The summed E-state index contributed by atoms with van der Waals surface area (Å²) >= 11 is 0. The van der Waals surface area contributed by atoms with E-state index in [2.05, 4.69) is 15.0 Å². The number of sulfonamides is 1. The third-order valence-electron chi connectivity index (χ3n) is 3.65. The van der Waals surface area contributed by atoms with Gasteiger partial charge in [-0.25, -0.2) is 13.1 Å². The zero-order valence-electron chi connectivity index (χ0n) is 14.1. The molecule has 10 heteroatoms. The predicted molar refractivity (Wildman–Crippen MR) is 96.1 cm³/mol. The lowest BCUT2D eigenvalue weighted by molar-refractivity contribution is -0.147. The maximum Gasteiger partial charge on any atom is 0.308 e. The van der Waals surface area contributed by atoms with E-state index < -0.39 is 28.3 Å². The van der Waals surface area contributed by atoms with Crippen LogP contribution >= 0.6 is 0 Å². The molecule has 0 aliphatic carbocycles. The number of hydrogen-bond donors (Lipinski definition) is 1. The zero-order chi connectivity index (χ0) is 19.3. The van der Waals surface area contributed by atoms with Crippen molar-refractivity contribution in [3.63, 3.8) is 0 Å². The zero-order valence-corrected chi connectivity index (χ0v) is 14.9. The summed E-state index contributed by atoms with van der Waals surface area (Å²) in [5.74, 6) is -0.673. The number of nitrogens with one attached hydrogen (secondary N) is 1. The van der Waals surface area contributed by atoms with Gasteiger partial charge in [0.15, 0.2) is 6.73 Å². The lowest BCUT2D eigenvalue weighted by atomic mass is 10.2. The Morgan fingerprint density at radius 3 is 2.56 bits per heavy atom. The van der Waals surface area contributed by atoms with Gasteiger partial charge in [-0.1, -0.05) is 35.5 Å². The van der Waals surface area contributed by atoms with Crippen molar-refractivity contribution in [1.82, 2.24) is 19.7 Å². The van der Waals surface area contributed by atoms with E-state index >= 15 is 0 Å². The quantitative estimate of drug-likeness (QED) is 0.590. The minimum Gasteiger partial charge on any atom is -0.442 e. The molecule has 0 aliphatic heterocycles. The molecule has 0 amide bonds. The van der Waals surface area contributed by atoms with E-state index in [1.165, 1.54) is 12.1 Å². The van der Waals surface area contributed by atoms with Crippen LogP contribution in [0.3, 0.4) is 0 Å². The Balaban J connectivity index is 1.53. The van der Waals surface area contributed by atoms with Gasteiger partial charge < -0.3 is 4.74 Å². The van der Waals surface area contributed by atoms with Gasteiger partial charge in [-0.15, -0.1) is 5.10 Å². The van der Waals surface area contributed by atoms with Crippen LogP contribution in [-0.2, 0) is 26.3 Å². The SMILES string of the molecule is O=C(CCNS(=O)(=O)c1ccccc1)OCn1nnc2ccccc2c1=O. The van der Waals surface area contributed by atoms with Gasteiger partial charge in [0.1, 0.15) is 5.52 Å². The molecule has 1 N–H and O–H groups in total. The fourth-order valence-electron chi connectivity index (χ4n) is 2.28. The van der Waals surface area contributed by atoms with Crippen molar-refractivity contribution in [1.29, 1.82) is 0 Å². The van der Waals surface area contributed by atoms with Gasteiger partial charge in [-0.05, 0) is 24.3 Å². The molecule has 0 unspecified atom stereocenters. The van der Waals surface area contributed by atoms with E-state index in [0.29, 0.717) is 10.9 Å². The Labute approximate surface area is 154 Å². The summed E-state index contributed by atoms with van der Waals surface area (Å²) in [5.41, 5.74) is 0.0126. The Kier molecular flexibility index (Phi) is 5.57. The maximum atomic E-state index is 12.2. The van der Waals surface area contributed by atoms with Crippen LogP contribution in [0.4, 0.5) is 0 Å². The second kappa shape index (κ2) is 8.06. The lowest BCUT2D eigenvalue weighted by Crippen LogP contribution is -2.29. The summed E-state index contributed by atoms with van der Waals surface area (Å²) in [6.07, 6.45) is -0.193. The molecule has 0 saturated heterocycles. The van der Waals surface area contributed by atoms with Crippen molar-refractivity contribution < 1.29 is 17.9 Å². The smallest absolute Gasteiger partial charge is 0.308 e. The highest BCUT2D eigenvalue weighted by molar-refractivity contribution is 7.89. The molecule has 0 aliphatic rings. The average Bonchev–Trinajstić information content (AvgIpc) is 2.68. The Hall–Kier alpha value is -3.11. The molecule has 140 valence electrons. The number of carbonyl (C=O) groups is 1. The van der Waals surface area contributed by atoms with E-state index in [9.17, 15) is 18.0 Å². The standard InChI is InChI=1S/C17H16N4O5S/c22-16(10-11-18-27(24,25)13-6-2-1-3-7-13)26-12-21-17(23)14-8-4-5-9-15(14)19-20-21/h1-9,18H,10-12H2. The Morgan fingerprint density at radius 1 is 1.07 bits per heavy atom. The van der Waals surface area contributed by atoms with Crippen molar-refractivity contribution >= 4 is 26.9 Å². The van der Waals surface area contributed by atoms with Crippen LogP contribution in [-0.4, -0.2) is 35.9 Å². The minimum atomic E-state index is -3.69. The molecule has 0 radical (unpaired) electrons. The van der Waals surface area contributed by atoms with Crippen molar-refractivity contribution in [3.05, 3.63) is 65.0 Å². The summed E-state index contributed by atoms with van der Waals surface area (Å²) in [6.45, 7) is -0.532. The lowest BCUT2D eigenvalue weighted by Gasteiger charge is -2.08. The van der Waals surface area contributed by atoms with Crippen LogP contribution in [0.15, 0.2) is 64.3 Å². The number of rotatable bonds is 7. The van der Waals surface area contributed by atoms with E-state index in [1.807, 2.05) is 0 Å². The number of ether oxygens (including phenoxy) is 1. The van der Waals surface area contributed by atoms with Crippen molar-refractivity contribution in [2.75, 3.05) is 6.54 Å². The third-order valence-corrected chi connectivity index (χ3v) is 5.13. The molecule has 0 saturated carbocycles. The summed E-state index contributed by atoms with van der Waals surface area (Å²) in [5, 5.41) is 7.94. The topological polar surface area (TPSA) is 120 Å². The monoisotopic (exact) mass is 388 g/mol. The summed E-state index contributed by atoms with van der Waals surface area (Å²) in [7, 11) is -3.69. The van der Waals surface area contributed by atoms with Crippen LogP contribution in [0.25, 0.3) is 10.9 Å². The molecular weight excluding hydrogens is 372 g/mol. The second-order valence-corrected chi connectivity index (χ2v) is 7.28.